The van der Waals surface area contributed by atoms with Gasteiger partial charge in [0.15, 0.2) is 0 Å². The molecule has 1 atom stereocenters. The number of hydrogen-bond acceptors (Lipinski definition) is 3. The highest BCUT2D eigenvalue weighted by atomic mass is 16.3. The van der Waals surface area contributed by atoms with Gasteiger partial charge in [-0.05, 0) is 18.9 Å². The Morgan fingerprint density at radius 1 is 1.31 bits per heavy atom. The lowest BCUT2D eigenvalue weighted by Gasteiger charge is -2.23. The summed E-state index contributed by atoms with van der Waals surface area (Å²) in [6.45, 7) is 0.635. The lowest BCUT2D eigenvalue weighted by molar-refractivity contribution is 0.400. The maximum Gasteiger partial charge on any atom is 0.0950 e. The van der Waals surface area contributed by atoms with Crippen molar-refractivity contribution in [2.45, 2.75) is 50.6 Å². The van der Waals surface area contributed by atoms with E-state index < -0.39 is 0 Å². The van der Waals surface area contributed by atoms with E-state index in [4.69, 9.17) is 10.2 Å². The largest absolute Gasteiger partial charge is 0.472 e. The van der Waals surface area contributed by atoms with Gasteiger partial charge < -0.3 is 15.5 Å². The summed E-state index contributed by atoms with van der Waals surface area (Å²) in [5.41, 5.74) is 6.99. The van der Waals surface area contributed by atoms with Crippen molar-refractivity contribution in [3.05, 3.63) is 24.2 Å². The summed E-state index contributed by atoms with van der Waals surface area (Å²) in [6.07, 6.45) is 11.5. The minimum atomic E-state index is 0.252. The lowest BCUT2D eigenvalue weighted by atomic mass is 10.1. The van der Waals surface area contributed by atoms with Gasteiger partial charge in [-0.3, -0.25) is 0 Å². The van der Waals surface area contributed by atoms with E-state index in [1.54, 1.807) is 12.5 Å². The van der Waals surface area contributed by atoms with Gasteiger partial charge in [0.1, 0.15) is 0 Å². The van der Waals surface area contributed by atoms with Crippen molar-refractivity contribution in [1.82, 2.24) is 5.32 Å². The summed E-state index contributed by atoms with van der Waals surface area (Å²) in [6, 6.07) is 2.88. The Bertz CT molecular complexity index is 276. The SMILES string of the molecule is NCC(NC1CCCCCC1)c1ccoc1. The van der Waals surface area contributed by atoms with Gasteiger partial charge in [0.2, 0.25) is 0 Å². The van der Waals surface area contributed by atoms with Crippen LogP contribution in [0.3, 0.4) is 0 Å². The Morgan fingerprint density at radius 2 is 2.06 bits per heavy atom. The topological polar surface area (TPSA) is 51.2 Å². The fourth-order valence-electron chi connectivity index (χ4n) is 2.50. The molecule has 0 saturated heterocycles. The molecule has 0 amide bonds. The Labute approximate surface area is 97.4 Å². The summed E-state index contributed by atoms with van der Waals surface area (Å²) in [7, 11) is 0. The highest BCUT2D eigenvalue weighted by Gasteiger charge is 2.17. The van der Waals surface area contributed by atoms with Gasteiger partial charge in [-0.25, -0.2) is 0 Å². The summed E-state index contributed by atoms with van der Waals surface area (Å²) < 4.78 is 5.12. The maximum absolute atomic E-state index is 5.82. The van der Waals surface area contributed by atoms with E-state index in [2.05, 4.69) is 5.32 Å². The third kappa shape index (κ3) is 3.09. The molecule has 3 heteroatoms. The zero-order chi connectivity index (χ0) is 11.2. The molecule has 1 aromatic heterocycles. The van der Waals surface area contributed by atoms with Crippen LogP contribution in [-0.2, 0) is 0 Å². The van der Waals surface area contributed by atoms with Gasteiger partial charge in [-0.15, -0.1) is 0 Å². The van der Waals surface area contributed by atoms with Crippen molar-refractivity contribution < 1.29 is 4.42 Å². The van der Waals surface area contributed by atoms with E-state index in [1.165, 1.54) is 44.1 Å². The van der Waals surface area contributed by atoms with Gasteiger partial charge >= 0.3 is 0 Å². The van der Waals surface area contributed by atoms with Gasteiger partial charge in [0.25, 0.3) is 0 Å². The average Bonchev–Trinajstić information content (AvgIpc) is 2.71. The minimum absolute atomic E-state index is 0.252. The molecule has 1 saturated carbocycles. The van der Waals surface area contributed by atoms with Gasteiger partial charge in [0.05, 0.1) is 12.5 Å². The zero-order valence-electron chi connectivity index (χ0n) is 9.82. The molecular formula is C13H22N2O. The Balaban J connectivity index is 1.90. The number of hydrogen-bond donors (Lipinski definition) is 2. The Kier molecular flexibility index (Phi) is 4.43. The molecule has 3 nitrogen and oxygen atoms in total. The van der Waals surface area contributed by atoms with Crippen LogP contribution in [0.15, 0.2) is 23.0 Å². The number of rotatable bonds is 4. The van der Waals surface area contributed by atoms with E-state index in [0.29, 0.717) is 12.6 Å². The minimum Gasteiger partial charge on any atom is -0.472 e. The van der Waals surface area contributed by atoms with Gasteiger partial charge in [-0.1, -0.05) is 25.7 Å². The first-order valence-corrected chi connectivity index (χ1v) is 6.38. The third-order valence-electron chi connectivity index (χ3n) is 3.47. The lowest BCUT2D eigenvalue weighted by Crippen LogP contribution is -2.36. The number of nitrogens with one attached hydrogen (secondary N) is 1. The first-order valence-electron chi connectivity index (χ1n) is 6.38. The standard InChI is InChI=1S/C13H22N2O/c14-9-13(11-7-8-16-10-11)15-12-5-3-1-2-4-6-12/h7-8,10,12-13,15H,1-6,9,14H2. The van der Waals surface area contributed by atoms with Crippen LogP contribution in [-0.4, -0.2) is 12.6 Å². The predicted octanol–water partition coefficient (Wildman–Crippen LogP) is 2.59. The fourth-order valence-corrected chi connectivity index (χ4v) is 2.50. The van der Waals surface area contributed by atoms with Crippen LogP contribution in [0.25, 0.3) is 0 Å². The molecule has 1 fully saturated rings. The normalized spacial score (nSPS) is 20.6. The molecular weight excluding hydrogens is 200 g/mol. The van der Waals surface area contributed by atoms with E-state index in [0.717, 1.165) is 0 Å². The highest BCUT2D eigenvalue weighted by Crippen LogP contribution is 2.21. The van der Waals surface area contributed by atoms with Crippen LogP contribution in [0.2, 0.25) is 0 Å². The van der Waals surface area contributed by atoms with E-state index in [9.17, 15) is 0 Å². The predicted molar refractivity (Wildman–Crippen MR) is 65.1 cm³/mol. The second kappa shape index (κ2) is 6.06. The van der Waals surface area contributed by atoms with Crippen molar-refractivity contribution in [3.63, 3.8) is 0 Å². The van der Waals surface area contributed by atoms with Crippen molar-refractivity contribution in [2.75, 3.05) is 6.54 Å². The molecule has 3 N–H and O–H groups in total. The van der Waals surface area contributed by atoms with Crippen LogP contribution in [0, 0.1) is 0 Å². The van der Waals surface area contributed by atoms with Gasteiger partial charge in [0, 0.05) is 24.2 Å². The summed E-state index contributed by atoms with van der Waals surface area (Å²) in [5, 5.41) is 3.66. The fraction of sp³-hybridized carbons (Fsp3) is 0.692. The third-order valence-corrected chi connectivity index (χ3v) is 3.47. The monoisotopic (exact) mass is 222 g/mol. The molecule has 0 radical (unpaired) electrons. The van der Waals surface area contributed by atoms with E-state index in [1.807, 2.05) is 6.07 Å². The molecule has 0 aliphatic heterocycles. The second-order valence-corrected chi connectivity index (χ2v) is 4.70. The van der Waals surface area contributed by atoms with E-state index >= 15 is 0 Å². The molecule has 1 aromatic rings. The molecule has 1 aliphatic carbocycles. The zero-order valence-corrected chi connectivity index (χ0v) is 9.82. The van der Waals surface area contributed by atoms with Gasteiger partial charge in [-0.2, -0.15) is 0 Å². The van der Waals surface area contributed by atoms with Crippen LogP contribution in [0.1, 0.15) is 50.1 Å². The average molecular weight is 222 g/mol. The second-order valence-electron chi connectivity index (χ2n) is 4.70. The maximum atomic E-state index is 5.82. The van der Waals surface area contributed by atoms with Crippen molar-refractivity contribution in [3.8, 4) is 0 Å². The molecule has 16 heavy (non-hydrogen) atoms. The summed E-state index contributed by atoms with van der Waals surface area (Å²) in [4.78, 5) is 0. The Hall–Kier alpha value is -0.800. The highest BCUT2D eigenvalue weighted by molar-refractivity contribution is 5.12. The van der Waals surface area contributed by atoms with Crippen LogP contribution in [0.5, 0.6) is 0 Å². The number of nitrogens with two attached hydrogens (primary N) is 1. The number of furan rings is 1. The molecule has 1 heterocycles. The van der Waals surface area contributed by atoms with Crippen LogP contribution >= 0.6 is 0 Å². The molecule has 0 spiro atoms. The quantitative estimate of drug-likeness (QED) is 0.770. The van der Waals surface area contributed by atoms with Crippen molar-refractivity contribution in [1.29, 1.82) is 0 Å². The molecule has 0 bridgehead atoms. The Morgan fingerprint density at radius 3 is 2.62 bits per heavy atom. The summed E-state index contributed by atoms with van der Waals surface area (Å²) in [5.74, 6) is 0. The molecule has 90 valence electrons. The molecule has 0 aromatic carbocycles. The van der Waals surface area contributed by atoms with Crippen LogP contribution in [0.4, 0.5) is 0 Å². The van der Waals surface area contributed by atoms with Crippen molar-refractivity contribution in [2.24, 2.45) is 5.73 Å². The first-order chi connectivity index (χ1) is 7.90. The van der Waals surface area contributed by atoms with E-state index in [-0.39, 0.29) is 6.04 Å². The molecule has 1 aliphatic rings. The molecule has 1 unspecified atom stereocenters. The van der Waals surface area contributed by atoms with Crippen molar-refractivity contribution >= 4 is 0 Å². The van der Waals surface area contributed by atoms with Crippen LogP contribution < -0.4 is 11.1 Å². The smallest absolute Gasteiger partial charge is 0.0950 e. The summed E-state index contributed by atoms with van der Waals surface area (Å²) >= 11 is 0. The first kappa shape index (κ1) is 11.7. The molecule has 2 rings (SSSR count).